The molecule has 1 amide bonds. The maximum Gasteiger partial charge on any atom is 0.257 e. The highest BCUT2D eigenvalue weighted by molar-refractivity contribution is 5.96. The summed E-state index contributed by atoms with van der Waals surface area (Å²) < 4.78 is 0. The summed E-state index contributed by atoms with van der Waals surface area (Å²) >= 11 is 0. The van der Waals surface area contributed by atoms with Crippen LogP contribution in [-0.4, -0.2) is 45.5 Å². The Labute approximate surface area is 105 Å². The van der Waals surface area contributed by atoms with Crippen LogP contribution in [0.4, 0.5) is 0 Å². The molecule has 1 atom stereocenters. The van der Waals surface area contributed by atoms with Crippen molar-refractivity contribution in [1.29, 1.82) is 0 Å². The zero-order valence-electron chi connectivity index (χ0n) is 10.2. The van der Waals surface area contributed by atoms with Crippen LogP contribution >= 0.6 is 0 Å². The summed E-state index contributed by atoms with van der Waals surface area (Å²) in [4.78, 5) is 17.1. The number of carbonyl (C=O) groups is 1. The van der Waals surface area contributed by atoms with Gasteiger partial charge in [0, 0.05) is 25.7 Å². The molecule has 1 heterocycles. The van der Waals surface area contributed by atoms with Gasteiger partial charge < -0.3 is 20.9 Å². The predicted octanol–water partition coefficient (Wildman–Crippen LogP) is 0.242. The largest absolute Gasteiger partial charge is 0.505 e. The first-order valence-electron chi connectivity index (χ1n) is 5.33. The second-order valence-electron chi connectivity index (χ2n) is 4.00. The first-order valence-corrected chi connectivity index (χ1v) is 5.33. The van der Waals surface area contributed by atoms with Gasteiger partial charge in [-0.25, -0.2) is 0 Å². The van der Waals surface area contributed by atoms with Crippen LogP contribution in [0.25, 0.3) is 0 Å². The van der Waals surface area contributed by atoms with E-state index in [0.29, 0.717) is 0 Å². The summed E-state index contributed by atoms with van der Waals surface area (Å²) in [6.45, 7) is 2.00. The number of nitrogens with zero attached hydrogens (tertiary/aromatic N) is 3. The fraction of sp³-hybridized carbons (Fsp3) is 0.364. The second kappa shape index (κ2) is 5.85. The highest BCUT2D eigenvalue weighted by Crippen LogP contribution is 2.16. The van der Waals surface area contributed by atoms with E-state index in [0.717, 1.165) is 0 Å². The van der Waals surface area contributed by atoms with Crippen molar-refractivity contribution in [3.05, 3.63) is 24.0 Å². The lowest BCUT2D eigenvalue weighted by atomic mass is 10.1. The minimum absolute atomic E-state index is 0.0496. The topological polar surface area (TPSA) is 112 Å². The van der Waals surface area contributed by atoms with Crippen LogP contribution in [0.3, 0.4) is 0 Å². The number of hydrogen-bond donors (Lipinski definition) is 3. The molecule has 18 heavy (non-hydrogen) atoms. The van der Waals surface area contributed by atoms with Gasteiger partial charge in [-0.1, -0.05) is 12.1 Å². The number of amides is 1. The van der Waals surface area contributed by atoms with Crippen molar-refractivity contribution in [3.63, 3.8) is 0 Å². The van der Waals surface area contributed by atoms with Gasteiger partial charge in [-0.05, 0) is 6.07 Å². The Morgan fingerprint density at radius 2 is 2.33 bits per heavy atom. The van der Waals surface area contributed by atoms with Crippen molar-refractivity contribution in [2.75, 3.05) is 13.6 Å². The summed E-state index contributed by atoms with van der Waals surface area (Å²) in [5.41, 5.74) is 5.60. The van der Waals surface area contributed by atoms with Gasteiger partial charge in [-0.15, -0.1) is 0 Å². The van der Waals surface area contributed by atoms with Crippen LogP contribution in [0, 0.1) is 5.92 Å². The van der Waals surface area contributed by atoms with E-state index in [2.05, 4.69) is 10.1 Å². The van der Waals surface area contributed by atoms with Crippen molar-refractivity contribution in [1.82, 2.24) is 9.88 Å². The Hall–Kier alpha value is -2.31. The maximum atomic E-state index is 12.0. The number of rotatable bonds is 4. The van der Waals surface area contributed by atoms with E-state index in [4.69, 9.17) is 10.9 Å². The summed E-state index contributed by atoms with van der Waals surface area (Å²) in [7, 11) is 1.57. The number of hydrogen-bond acceptors (Lipinski definition) is 5. The summed E-state index contributed by atoms with van der Waals surface area (Å²) in [5.74, 6) is -0.764. The average molecular weight is 252 g/mol. The number of aromatic nitrogens is 1. The summed E-state index contributed by atoms with van der Waals surface area (Å²) in [5, 5.41) is 20.9. The third kappa shape index (κ3) is 3.09. The van der Waals surface area contributed by atoms with Crippen LogP contribution in [0.1, 0.15) is 17.3 Å². The number of amidine groups is 1. The lowest BCUT2D eigenvalue weighted by molar-refractivity contribution is 0.0783. The molecular formula is C11H16N4O3. The minimum atomic E-state index is -0.354. The van der Waals surface area contributed by atoms with Gasteiger partial charge in [-0.3, -0.25) is 9.78 Å². The van der Waals surface area contributed by atoms with Crippen molar-refractivity contribution in [3.8, 4) is 5.75 Å². The Morgan fingerprint density at radius 1 is 1.67 bits per heavy atom. The van der Waals surface area contributed by atoms with Gasteiger partial charge in [0.1, 0.15) is 11.6 Å². The summed E-state index contributed by atoms with van der Waals surface area (Å²) in [6, 6.07) is 1.43. The molecule has 0 aromatic carbocycles. The Balaban J connectivity index is 2.77. The molecule has 0 bridgehead atoms. The molecule has 0 aliphatic heterocycles. The van der Waals surface area contributed by atoms with Gasteiger partial charge in [-0.2, -0.15) is 0 Å². The smallest absolute Gasteiger partial charge is 0.257 e. The maximum absolute atomic E-state index is 12.0. The molecular weight excluding hydrogens is 236 g/mol. The average Bonchev–Trinajstić information content (AvgIpc) is 2.37. The van der Waals surface area contributed by atoms with E-state index in [1.165, 1.54) is 23.4 Å². The van der Waals surface area contributed by atoms with Gasteiger partial charge in [0.2, 0.25) is 0 Å². The lowest BCUT2D eigenvalue weighted by Crippen LogP contribution is -2.36. The summed E-state index contributed by atoms with van der Waals surface area (Å²) in [6.07, 6.45) is 2.63. The second-order valence-corrected chi connectivity index (χ2v) is 4.00. The third-order valence-corrected chi connectivity index (χ3v) is 2.55. The number of nitrogens with two attached hydrogens (primary N) is 1. The van der Waals surface area contributed by atoms with Crippen molar-refractivity contribution in [2.45, 2.75) is 6.92 Å². The zero-order chi connectivity index (χ0) is 13.7. The van der Waals surface area contributed by atoms with Crippen LogP contribution in [0.5, 0.6) is 5.75 Å². The van der Waals surface area contributed by atoms with E-state index in [1.807, 2.05) is 0 Å². The molecule has 1 rings (SSSR count). The molecule has 7 heteroatoms. The van der Waals surface area contributed by atoms with Crippen molar-refractivity contribution >= 4 is 11.7 Å². The zero-order valence-corrected chi connectivity index (χ0v) is 10.2. The van der Waals surface area contributed by atoms with Crippen LogP contribution in [0.2, 0.25) is 0 Å². The van der Waals surface area contributed by atoms with Crippen molar-refractivity contribution < 1.29 is 15.1 Å². The van der Waals surface area contributed by atoms with E-state index in [9.17, 15) is 9.90 Å². The van der Waals surface area contributed by atoms with Gasteiger partial charge >= 0.3 is 0 Å². The Kier molecular flexibility index (Phi) is 4.47. The van der Waals surface area contributed by atoms with E-state index in [-0.39, 0.29) is 35.5 Å². The van der Waals surface area contributed by atoms with Gasteiger partial charge in [0.15, 0.2) is 0 Å². The fourth-order valence-electron chi connectivity index (χ4n) is 1.46. The molecule has 0 radical (unpaired) electrons. The van der Waals surface area contributed by atoms with E-state index >= 15 is 0 Å². The molecule has 0 spiro atoms. The lowest BCUT2D eigenvalue weighted by Gasteiger charge is -2.21. The molecule has 0 saturated carbocycles. The SMILES string of the molecule is CC(CN(C)C(=O)c1ccncc1O)/C(N)=N/O. The molecule has 0 saturated heterocycles. The quantitative estimate of drug-likeness (QED) is 0.307. The predicted molar refractivity (Wildman–Crippen MR) is 65.4 cm³/mol. The minimum Gasteiger partial charge on any atom is -0.505 e. The standard InChI is InChI=1S/C11H16N4O3/c1-7(10(12)14-18)6-15(2)11(17)8-3-4-13-5-9(8)16/h3-5,7,16,18H,6H2,1-2H3,(H2,12,14). The number of pyridine rings is 1. The molecule has 4 N–H and O–H groups in total. The van der Waals surface area contributed by atoms with Gasteiger partial charge in [0.25, 0.3) is 5.91 Å². The monoisotopic (exact) mass is 252 g/mol. The molecule has 0 fully saturated rings. The third-order valence-electron chi connectivity index (χ3n) is 2.55. The molecule has 1 aromatic rings. The van der Waals surface area contributed by atoms with Crippen molar-refractivity contribution in [2.24, 2.45) is 16.8 Å². The normalized spacial score (nSPS) is 13.1. The molecule has 1 unspecified atom stereocenters. The van der Waals surface area contributed by atoms with Crippen LogP contribution in [-0.2, 0) is 0 Å². The number of oxime groups is 1. The Bertz CT molecular complexity index is 461. The number of carbonyl (C=O) groups excluding carboxylic acids is 1. The fourth-order valence-corrected chi connectivity index (χ4v) is 1.46. The number of aromatic hydroxyl groups is 1. The molecule has 1 aromatic heterocycles. The highest BCUT2D eigenvalue weighted by atomic mass is 16.4. The molecule has 0 aliphatic carbocycles. The van der Waals surface area contributed by atoms with Gasteiger partial charge in [0.05, 0.1) is 11.8 Å². The first-order chi connectivity index (χ1) is 8.47. The Morgan fingerprint density at radius 3 is 2.89 bits per heavy atom. The molecule has 0 aliphatic rings. The van der Waals surface area contributed by atoms with E-state index in [1.54, 1.807) is 14.0 Å². The van der Waals surface area contributed by atoms with Crippen LogP contribution in [0.15, 0.2) is 23.6 Å². The van der Waals surface area contributed by atoms with Crippen LogP contribution < -0.4 is 5.73 Å². The van der Waals surface area contributed by atoms with E-state index < -0.39 is 0 Å². The highest BCUT2D eigenvalue weighted by Gasteiger charge is 2.19. The molecule has 98 valence electrons. The first kappa shape index (κ1) is 13.8. The molecule has 7 nitrogen and oxygen atoms in total.